The standard InChI is InChI=1S/C12H21N3/c1-10(12-4-3-6-14-12)15(2)9-11-5-7-13-8-11/h3-4,6,10-11,13-14H,5,7-9H2,1-2H3/t10-,11+/m0/s1. The third-order valence-electron chi connectivity index (χ3n) is 3.44. The summed E-state index contributed by atoms with van der Waals surface area (Å²) in [6.07, 6.45) is 3.32. The smallest absolute Gasteiger partial charge is 0.0467 e. The maximum Gasteiger partial charge on any atom is 0.0467 e. The summed E-state index contributed by atoms with van der Waals surface area (Å²) in [7, 11) is 2.21. The third kappa shape index (κ3) is 2.61. The van der Waals surface area contributed by atoms with Crippen LogP contribution in [0.15, 0.2) is 18.3 Å². The molecule has 0 aromatic carbocycles. The van der Waals surface area contributed by atoms with Gasteiger partial charge < -0.3 is 10.3 Å². The molecule has 15 heavy (non-hydrogen) atoms. The van der Waals surface area contributed by atoms with Gasteiger partial charge in [0.15, 0.2) is 0 Å². The molecule has 1 aliphatic rings. The second-order valence-electron chi connectivity index (χ2n) is 4.60. The Hall–Kier alpha value is -0.800. The van der Waals surface area contributed by atoms with E-state index in [2.05, 4.69) is 41.3 Å². The molecule has 0 amide bonds. The Morgan fingerprint density at radius 1 is 1.60 bits per heavy atom. The molecule has 1 fully saturated rings. The number of hydrogen-bond donors (Lipinski definition) is 2. The van der Waals surface area contributed by atoms with Gasteiger partial charge in [0.05, 0.1) is 0 Å². The molecule has 0 bridgehead atoms. The van der Waals surface area contributed by atoms with E-state index in [0.717, 1.165) is 5.92 Å². The molecular formula is C12H21N3. The largest absolute Gasteiger partial charge is 0.364 e. The first-order chi connectivity index (χ1) is 7.27. The van der Waals surface area contributed by atoms with Crippen LogP contribution in [0.1, 0.15) is 25.1 Å². The lowest BCUT2D eigenvalue weighted by Gasteiger charge is -2.26. The van der Waals surface area contributed by atoms with Crippen LogP contribution in [0, 0.1) is 5.92 Å². The van der Waals surface area contributed by atoms with Gasteiger partial charge in [-0.05, 0) is 51.5 Å². The molecule has 1 aromatic heterocycles. The van der Waals surface area contributed by atoms with E-state index in [4.69, 9.17) is 0 Å². The van der Waals surface area contributed by atoms with Crippen molar-refractivity contribution >= 4 is 0 Å². The van der Waals surface area contributed by atoms with Crippen LogP contribution in [0.3, 0.4) is 0 Å². The summed E-state index contributed by atoms with van der Waals surface area (Å²) in [5, 5.41) is 3.42. The van der Waals surface area contributed by atoms with Crippen LogP contribution in [0.2, 0.25) is 0 Å². The molecule has 0 spiro atoms. The minimum absolute atomic E-state index is 0.487. The van der Waals surface area contributed by atoms with Crippen molar-refractivity contribution in [3.05, 3.63) is 24.0 Å². The van der Waals surface area contributed by atoms with E-state index in [-0.39, 0.29) is 0 Å². The van der Waals surface area contributed by atoms with Gasteiger partial charge in [0.2, 0.25) is 0 Å². The molecule has 1 saturated heterocycles. The van der Waals surface area contributed by atoms with Crippen LogP contribution in [0.4, 0.5) is 0 Å². The van der Waals surface area contributed by atoms with Gasteiger partial charge in [-0.2, -0.15) is 0 Å². The predicted octanol–water partition coefficient (Wildman–Crippen LogP) is 1.62. The second-order valence-corrected chi connectivity index (χ2v) is 4.60. The number of nitrogens with zero attached hydrogens (tertiary/aromatic N) is 1. The minimum Gasteiger partial charge on any atom is -0.364 e. The fourth-order valence-electron chi connectivity index (χ4n) is 2.28. The van der Waals surface area contributed by atoms with Gasteiger partial charge in [0.25, 0.3) is 0 Å². The Morgan fingerprint density at radius 2 is 2.47 bits per heavy atom. The second kappa shape index (κ2) is 4.81. The molecule has 2 N–H and O–H groups in total. The van der Waals surface area contributed by atoms with Crippen molar-refractivity contribution in [3.63, 3.8) is 0 Å². The molecule has 84 valence electrons. The topological polar surface area (TPSA) is 31.1 Å². The number of aromatic amines is 1. The summed E-state index contributed by atoms with van der Waals surface area (Å²) < 4.78 is 0. The zero-order valence-corrected chi connectivity index (χ0v) is 9.66. The average Bonchev–Trinajstić information content (AvgIpc) is 2.88. The molecule has 2 heterocycles. The van der Waals surface area contributed by atoms with Crippen LogP contribution in [-0.4, -0.2) is 36.6 Å². The lowest BCUT2D eigenvalue weighted by molar-refractivity contribution is 0.223. The van der Waals surface area contributed by atoms with Gasteiger partial charge in [-0.25, -0.2) is 0 Å². The zero-order chi connectivity index (χ0) is 10.7. The van der Waals surface area contributed by atoms with E-state index in [1.807, 2.05) is 6.20 Å². The fourth-order valence-corrected chi connectivity index (χ4v) is 2.28. The summed E-state index contributed by atoms with van der Waals surface area (Å²) in [4.78, 5) is 5.72. The van der Waals surface area contributed by atoms with E-state index in [1.165, 1.54) is 31.7 Å². The molecule has 0 radical (unpaired) electrons. The highest BCUT2D eigenvalue weighted by Crippen LogP contribution is 2.19. The van der Waals surface area contributed by atoms with Crippen molar-refractivity contribution in [2.45, 2.75) is 19.4 Å². The van der Waals surface area contributed by atoms with E-state index >= 15 is 0 Å². The number of rotatable bonds is 4. The SMILES string of the molecule is C[C@@H](c1ccc[nH]1)N(C)C[C@@H]1CCNC1. The Labute approximate surface area is 91.9 Å². The van der Waals surface area contributed by atoms with Crippen LogP contribution in [0.5, 0.6) is 0 Å². The third-order valence-corrected chi connectivity index (χ3v) is 3.44. The molecule has 2 atom stereocenters. The summed E-state index contributed by atoms with van der Waals surface area (Å²) in [6, 6.07) is 4.71. The van der Waals surface area contributed by atoms with E-state index in [1.54, 1.807) is 0 Å². The number of aromatic nitrogens is 1. The monoisotopic (exact) mass is 207 g/mol. The quantitative estimate of drug-likeness (QED) is 0.786. The average molecular weight is 207 g/mol. The van der Waals surface area contributed by atoms with Crippen molar-refractivity contribution in [1.29, 1.82) is 0 Å². The molecular weight excluding hydrogens is 186 g/mol. The molecule has 0 saturated carbocycles. The van der Waals surface area contributed by atoms with Crippen LogP contribution in [-0.2, 0) is 0 Å². The first-order valence-electron chi connectivity index (χ1n) is 5.81. The van der Waals surface area contributed by atoms with Gasteiger partial charge in [-0.15, -0.1) is 0 Å². The summed E-state index contributed by atoms with van der Waals surface area (Å²) >= 11 is 0. The highest BCUT2D eigenvalue weighted by Gasteiger charge is 2.19. The highest BCUT2D eigenvalue weighted by atomic mass is 15.1. The van der Waals surface area contributed by atoms with Crippen molar-refractivity contribution < 1.29 is 0 Å². The summed E-state index contributed by atoms with van der Waals surface area (Å²) in [6.45, 7) is 5.82. The fraction of sp³-hybridized carbons (Fsp3) is 0.667. The maximum atomic E-state index is 3.42. The summed E-state index contributed by atoms with van der Waals surface area (Å²) in [5.41, 5.74) is 1.31. The van der Waals surface area contributed by atoms with Crippen molar-refractivity contribution in [3.8, 4) is 0 Å². The van der Waals surface area contributed by atoms with Crippen LogP contribution >= 0.6 is 0 Å². The first kappa shape index (κ1) is 10.7. The van der Waals surface area contributed by atoms with Gasteiger partial charge in [-0.3, -0.25) is 4.90 Å². The zero-order valence-electron chi connectivity index (χ0n) is 9.66. The van der Waals surface area contributed by atoms with E-state index < -0.39 is 0 Å². The first-order valence-corrected chi connectivity index (χ1v) is 5.81. The van der Waals surface area contributed by atoms with E-state index in [0.29, 0.717) is 6.04 Å². The number of nitrogens with one attached hydrogen (secondary N) is 2. The molecule has 2 rings (SSSR count). The highest BCUT2D eigenvalue weighted by molar-refractivity contribution is 5.08. The number of H-pyrrole nitrogens is 1. The molecule has 1 aliphatic heterocycles. The van der Waals surface area contributed by atoms with Gasteiger partial charge in [0, 0.05) is 24.5 Å². The van der Waals surface area contributed by atoms with Crippen molar-refractivity contribution in [2.75, 3.05) is 26.7 Å². The minimum atomic E-state index is 0.487. The molecule has 3 nitrogen and oxygen atoms in total. The molecule has 1 aromatic rings. The molecule has 0 aliphatic carbocycles. The number of hydrogen-bond acceptors (Lipinski definition) is 2. The van der Waals surface area contributed by atoms with Gasteiger partial charge >= 0.3 is 0 Å². The molecule has 0 unspecified atom stereocenters. The van der Waals surface area contributed by atoms with Gasteiger partial charge in [0.1, 0.15) is 0 Å². The Bertz CT molecular complexity index is 275. The van der Waals surface area contributed by atoms with Crippen LogP contribution in [0.25, 0.3) is 0 Å². The predicted molar refractivity (Wildman–Crippen MR) is 62.8 cm³/mol. The van der Waals surface area contributed by atoms with Crippen molar-refractivity contribution in [2.24, 2.45) is 5.92 Å². The van der Waals surface area contributed by atoms with Crippen LogP contribution < -0.4 is 5.32 Å². The maximum absolute atomic E-state index is 3.42. The van der Waals surface area contributed by atoms with E-state index in [9.17, 15) is 0 Å². The lowest BCUT2D eigenvalue weighted by atomic mass is 10.1. The Balaban J connectivity index is 1.87. The normalized spacial score (nSPS) is 23.5. The van der Waals surface area contributed by atoms with Crippen molar-refractivity contribution in [1.82, 2.24) is 15.2 Å². The lowest BCUT2D eigenvalue weighted by Crippen LogP contribution is -2.29. The Kier molecular flexibility index (Phi) is 3.44. The Morgan fingerprint density at radius 3 is 3.07 bits per heavy atom. The van der Waals surface area contributed by atoms with Gasteiger partial charge in [-0.1, -0.05) is 0 Å². The summed E-state index contributed by atoms with van der Waals surface area (Å²) in [5.74, 6) is 0.826. The molecule has 3 heteroatoms.